The summed E-state index contributed by atoms with van der Waals surface area (Å²) in [6, 6.07) is 11.8. The van der Waals surface area contributed by atoms with Crippen molar-refractivity contribution in [2.75, 3.05) is 31.2 Å². The van der Waals surface area contributed by atoms with Gasteiger partial charge in [0, 0.05) is 30.2 Å². The number of morpholine rings is 1. The van der Waals surface area contributed by atoms with E-state index < -0.39 is 0 Å². The fourth-order valence-electron chi connectivity index (χ4n) is 2.71. The first kappa shape index (κ1) is 18.0. The molecule has 0 aliphatic carbocycles. The van der Waals surface area contributed by atoms with E-state index >= 15 is 0 Å². The average molecular weight is 380 g/mol. The summed E-state index contributed by atoms with van der Waals surface area (Å²) in [6.07, 6.45) is 0. The zero-order valence-electron chi connectivity index (χ0n) is 14.1. The summed E-state index contributed by atoms with van der Waals surface area (Å²) in [4.78, 5) is 15.4. The largest absolute Gasteiger partial charge is 0.378 e. The van der Waals surface area contributed by atoms with Gasteiger partial charge in [0.05, 0.1) is 23.6 Å². The number of hydrogen-bond donors (Lipinski definition) is 2. The van der Waals surface area contributed by atoms with Crippen LogP contribution in [-0.4, -0.2) is 32.3 Å². The van der Waals surface area contributed by atoms with Crippen molar-refractivity contribution < 1.29 is 9.53 Å². The Balaban J connectivity index is 1.46. The van der Waals surface area contributed by atoms with Crippen molar-refractivity contribution in [3.8, 4) is 0 Å². The Morgan fingerprint density at radius 1 is 1.24 bits per heavy atom. The van der Waals surface area contributed by atoms with Gasteiger partial charge in [0.15, 0.2) is 0 Å². The first-order valence-electron chi connectivity index (χ1n) is 8.33. The summed E-state index contributed by atoms with van der Waals surface area (Å²) in [5.74, 6) is 0. The van der Waals surface area contributed by atoms with Gasteiger partial charge in [0.2, 0.25) is 0 Å². The first-order valence-corrected chi connectivity index (χ1v) is 9.52. The van der Waals surface area contributed by atoms with E-state index in [1.54, 1.807) is 0 Å². The number of nitrogens with zero attached hydrogens (tertiary/aromatic N) is 1. The molecule has 25 heavy (non-hydrogen) atoms. The molecular weight excluding hydrogens is 358 g/mol. The molecular formula is C18H22ClN3O2S. The van der Waals surface area contributed by atoms with Crippen LogP contribution in [0.4, 0.5) is 10.5 Å². The molecule has 3 rings (SSSR count). The Morgan fingerprint density at radius 3 is 2.60 bits per heavy atom. The van der Waals surface area contributed by atoms with Crippen molar-refractivity contribution in [2.45, 2.75) is 19.5 Å². The Morgan fingerprint density at radius 2 is 1.96 bits per heavy atom. The van der Waals surface area contributed by atoms with Gasteiger partial charge in [-0.1, -0.05) is 23.7 Å². The van der Waals surface area contributed by atoms with E-state index in [2.05, 4.69) is 27.7 Å². The number of benzene rings is 1. The van der Waals surface area contributed by atoms with Crippen LogP contribution in [-0.2, 0) is 11.3 Å². The standard InChI is InChI=1S/C18H22ClN3O2S/c1-13(16-6-7-17(19)25-16)21-18(23)20-12-14-2-4-15(5-3-14)22-8-10-24-11-9-22/h2-7,13H,8-12H2,1H3,(H2,20,21,23). The molecule has 0 spiro atoms. The summed E-state index contributed by atoms with van der Waals surface area (Å²) >= 11 is 7.41. The molecule has 0 bridgehead atoms. The maximum absolute atomic E-state index is 12.0. The zero-order valence-corrected chi connectivity index (χ0v) is 15.7. The van der Waals surface area contributed by atoms with Crippen molar-refractivity contribution in [3.63, 3.8) is 0 Å². The lowest BCUT2D eigenvalue weighted by atomic mass is 10.2. The zero-order chi connectivity index (χ0) is 17.6. The van der Waals surface area contributed by atoms with Crippen LogP contribution in [0.1, 0.15) is 23.4 Å². The first-order chi connectivity index (χ1) is 12.1. The summed E-state index contributed by atoms with van der Waals surface area (Å²) in [5, 5.41) is 5.82. The Hall–Kier alpha value is -1.76. The molecule has 134 valence electrons. The molecule has 1 aromatic carbocycles. The Kier molecular flexibility index (Phi) is 6.18. The summed E-state index contributed by atoms with van der Waals surface area (Å²) < 4.78 is 6.10. The van der Waals surface area contributed by atoms with Gasteiger partial charge in [0.1, 0.15) is 0 Å². The van der Waals surface area contributed by atoms with Gasteiger partial charge in [-0.25, -0.2) is 4.79 Å². The molecule has 1 atom stereocenters. The minimum absolute atomic E-state index is 0.0683. The molecule has 1 fully saturated rings. The van der Waals surface area contributed by atoms with Crippen LogP contribution < -0.4 is 15.5 Å². The Bertz CT molecular complexity index is 699. The van der Waals surface area contributed by atoms with E-state index in [1.807, 2.05) is 31.2 Å². The number of halogens is 1. The fraction of sp³-hybridized carbons (Fsp3) is 0.389. The van der Waals surface area contributed by atoms with Gasteiger partial charge in [-0.15, -0.1) is 11.3 Å². The van der Waals surface area contributed by atoms with E-state index in [0.717, 1.165) is 41.1 Å². The molecule has 2 heterocycles. The molecule has 0 radical (unpaired) electrons. The molecule has 1 aromatic heterocycles. The summed E-state index contributed by atoms with van der Waals surface area (Å²) in [5.41, 5.74) is 2.26. The van der Waals surface area contributed by atoms with Gasteiger partial charge < -0.3 is 20.3 Å². The molecule has 5 nitrogen and oxygen atoms in total. The molecule has 0 saturated carbocycles. The number of anilines is 1. The van der Waals surface area contributed by atoms with Crippen LogP contribution in [0.5, 0.6) is 0 Å². The normalized spacial score (nSPS) is 15.7. The van der Waals surface area contributed by atoms with Crippen LogP contribution >= 0.6 is 22.9 Å². The number of hydrogen-bond acceptors (Lipinski definition) is 4. The number of carbonyl (C=O) groups excluding carboxylic acids is 1. The molecule has 2 aromatic rings. The van der Waals surface area contributed by atoms with Crippen LogP contribution in [0.3, 0.4) is 0 Å². The number of thiophene rings is 1. The van der Waals surface area contributed by atoms with Gasteiger partial charge in [0.25, 0.3) is 0 Å². The minimum atomic E-state index is -0.186. The third-order valence-corrected chi connectivity index (χ3v) is 5.55. The Labute approximate surface area is 156 Å². The number of amides is 2. The summed E-state index contributed by atoms with van der Waals surface area (Å²) in [6.45, 7) is 5.83. The lowest BCUT2D eigenvalue weighted by Crippen LogP contribution is -2.36. The monoisotopic (exact) mass is 379 g/mol. The maximum Gasteiger partial charge on any atom is 0.315 e. The molecule has 1 unspecified atom stereocenters. The average Bonchev–Trinajstić information content (AvgIpc) is 3.08. The number of rotatable bonds is 5. The van der Waals surface area contributed by atoms with Crippen LogP contribution in [0.2, 0.25) is 4.34 Å². The van der Waals surface area contributed by atoms with E-state index in [0.29, 0.717) is 6.54 Å². The topological polar surface area (TPSA) is 53.6 Å². The molecule has 2 N–H and O–H groups in total. The highest BCUT2D eigenvalue weighted by atomic mass is 35.5. The number of nitrogens with one attached hydrogen (secondary N) is 2. The van der Waals surface area contributed by atoms with Crippen LogP contribution in [0.25, 0.3) is 0 Å². The second-order valence-electron chi connectivity index (χ2n) is 5.96. The molecule has 1 aliphatic rings. The maximum atomic E-state index is 12.0. The number of urea groups is 1. The van der Waals surface area contributed by atoms with Gasteiger partial charge in [-0.3, -0.25) is 0 Å². The SMILES string of the molecule is CC(NC(=O)NCc1ccc(N2CCOCC2)cc1)c1ccc(Cl)s1. The van der Waals surface area contributed by atoms with E-state index in [9.17, 15) is 4.79 Å². The highest BCUT2D eigenvalue weighted by molar-refractivity contribution is 7.16. The van der Waals surface area contributed by atoms with Crippen molar-refractivity contribution in [1.29, 1.82) is 0 Å². The predicted molar refractivity (Wildman–Crippen MR) is 103 cm³/mol. The van der Waals surface area contributed by atoms with Gasteiger partial charge >= 0.3 is 6.03 Å². The van der Waals surface area contributed by atoms with Gasteiger partial charge in [-0.05, 0) is 36.8 Å². The fourth-order valence-corrected chi connectivity index (χ4v) is 3.77. The lowest BCUT2D eigenvalue weighted by molar-refractivity contribution is 0.122. The van der Waals surface area contributed by atoms with Crippen molar-refractivity contribution in [2.24, 2.45) is 0 Å². The smallest absolute Gasteiger partial charge is 0.315 e. The number of carbonyl (C=O) groups is 1. The highest BCUT2D eigenvalue weighted by Gasteiger charge is 2.12. The van der Waals surface area contributed by atoms with E-state index in [4.69, 9.17) is 16.3 Å². The highest BCUT2D eigenvalue weighted by Crippen LogP contribution is 2.26. The van der Waals surface area contributed by atoms with E-state index in [-0.39, 0.29) is 12.1 Å². The second kappa shape index (κ2) is 8.56. The van der Waals surface area contributed by atoms with Gasteiger partial charge in [-0.2, -0.15) is 0 Å². The van der Waals surface area contributed by atoms with Crippen molar-refractivity contribution in [1.82, 2.24) is 10.6 Å². The predicted octanol–water partition coefficient (Wildman–Crippen LogP) is 3.80. The lowest BCUT2D eigenvalue weighted by Gasteiger charge is -2.28. The van der Waals surface area contributed by atoms with Crippen molar-refractivity contribution >= 4 is 34.7 Å². The molecule has 1 aliphatic heterocycles. The van der Waals surface area contributed by atoms with Crippen LogP contribution in [0, 0.1) is 0 Å². The number of ether oxygens (including phenoxy) is 1. The third kappa shape index (κ3) is 5.11. The van der Waals surface area contributed by atoms with Crippen LogP contribution in [0.15, 0.2) is 36.4 Å². The molecule has 7 heteroatoms. The summed E-state index contributed by atoms with van der Waals surface area (Å²) in [7, 11) is 0. The second-order valence-corrected chi connectivity index (χ2v) is 7.70. The van der Waals surface area contributed by atoms with E-state index in [1.165, 1.54) is 17.0 Å². The third-order valence-electron chi connectivity index (χ3n) is 4.13. The van der Waals surface area contributed by atoms with Crippen molar-refractivity contribution in [3.05, 3.63) is 51.2 Å². The molecule has 2 amide bonds. The molecule has 1 saturated heterocycles. The minimum Gasteiger partial charge on any atom is -0.378 e. The quantitative estimate of drug-likeness (QED) is 0.830.